The van der Waals surface area contributed by atoms with Gasteiger partial charge in [0.2, 0.25) is 0 Å². The molecule has 3 aromatic rings. The third-order valence-electron chi connectivity index (χ3n) is 7.40. The first-order chi connectivity index (χ1) is 21.8. The summed E-state index contributed by atoms with van der Waals surface area (Å²) in [5.41, 5.74) is 1.39. The van der Waals surface area contributed by atoms with Crippen LogP contribution in [0, 0.1) is 0 Å². The zero-order valence-corrected chi connectivity index (χ0v) is 25.5. The van der Waals surface area contributed by atoms with Gasteiger partial charge in [-0.2, -0.15) is 0 Å². The number of fused-ring (bicyclic) bond motifs is 1. The second-order valence-corrected chi connectivity index (χ2v) is 12.0. The number of hydrogen-bond acceptors (Lipinski definition) is 7. The predicted molar refractivity (Wildman–Crippen MR) is 169 cm³/mol. The van der Waals surface area contributed by atoms with E-state index in [4.69, 9.17) is 9.47 Å². The van der Waals surface area contributed by atoms with E-state index in [1.807, 2.05) is 60.7 Å². The lowest BCUT2D eigenvalue weighted by Gasteiger charge is -2.50. The quantitative estimate of drug-likeness (QED) is 0.147. The molecule has 0 saturated carbocycles. The Morgan fingerprint density at radius 1 is 0.911 bits per heavy atom. The third-order valence-corrected chi connectivity index (χ3v) is 9.41. The molecule has 0 radical (unpaired) electrons. The van der Waals surface area contributed by atoms with Crippen LogP contribution >= 0.6 is 0 Å². The summed E-state index contributed by atoms with van der Waals surface area (Å²) in [6.07, 6.45) is 5.36. The van der Waals surface area contributed by atoms with Crippen molar-refractivity contribution >= 4 is 34.4 Å². The minimum atomic E-state index is -2.00. The molecular weight excluding hydrogens is 592 g/mol. The number of allylic oxidation sites excluding steroid dienone is 4. The topological polar surface area (TPSA) is 119 Å². The smallest absolute Gasteiger partial charge is 0.356 e. The molecule has 45 heavy (non-hydrogen) atoms. The largest absolute Gasteiger partial charge is 0.484 e. The summed E-state index contributed by atoms with van der Waals surface area (Å²) in [4.78, 5) is 54.7. The molecule has 0 spiro atoms. The van der Waals surface area contributed by atoms with Crippen molar-refractivity contribution in [1.29, 1.82) is 0 Å². The summed E-state index contributed by atoms with van der Waals surface area (Å²) in [5.74, 6) is -2.16. The highest BCUT2D eigenvalue weighted by Crippen LogP contribution is 2.40. The van der Waals surface area contributed by atoms with Gasteiger partial charge < -0.3 is 14.8 Å². The van der Waals surface area contributed by atoms with Gasteiger partial charge in [-0.3, -0.25) is 23.5 Å². The van der Waals surface area contributed by atoms with Crippen molar-refractivity contribution in [3.8, 4) is 5.75 Å². The van der Waals surface area contributed by atoms with Crippen LogP contribution in [0.1, 0.15) is 31.1 Å². The standard InChI is InChI=1S/C35H32N2O7S/c1-3-4-8-21-27(38)32-23(2)30(35(41)44-31(24-15-9-5-10-16-24)25-17-11-6-12-18-25)37-33(40)29(34(37)45(32)42)36-28(39)22-43-26-19-13-7-14-20-26/h3-21,29,31-32,34H,22H2,1-2H3,(H,36,39)/b4-3+,21-8+/t29-,32?,34-,45?/m1/s1. The van der Waals surface area contributed by atoms with Gasteiger partial charge in [0.1, 0.15) is 28.1 Å². The van der Waals surface area contributed by atoms with E-state index in [9.17, 15) is 23.4 Å². The van der Waals surface area contributed by atoms with Crippen LogP contribution in [0.3, 0.4) is 0 Å². The molecule has 3 aromatic carbocycles. The molecule has 1 N–H and O–H groups in total. The van der Waals surface area contributed by atoms with Crippen molar-refractivity contribution in [2.45, 2.75) is 36.6 Å². The first-order valence-electron chi connectivity index (χ1n) is 14.4. The molecule has 2 unspecified atom stereocenters. The molecule has 2 heterocycles. The number of rotatable bonds is 11. The highest BCUT2D eigenvalue weighted by molar-refractivity contribution is 7.87. The van der Waals surface area contributed by atoms with Gasteiger partial charge in [0.25, 0.3) is 11.8 Å². The van der Waals surface area contributed by atoms with Crippen LogP contribution in [0.15, 0.2) is 127 Å². The average molecular weight is 625 g/mol. The number of ketones is 1. The van der Waals surface area contributed by atoms with Crippen LogP contribution in [0.5, 0.6) is 5.75 Å². The normalized spacial score (nSPS) is 21.0. The minimum absolute atomic E-state index is 0.148. The van der Waals surface area contributed by atoms with E-state index in [1.54, 1.807) is 49.4 Å². The van der Waals surface area contributed by atoms with Crippen LogP contribution in [0.2, 0.25) is 0 Å². The Balaban J connectivity index is 1.45. The van der Waals surface area contributed by atoms with Crippen LogP contribution in [0.4, 0.5) is 0 Å². The number of β-lactam (4-membered cyclic amide) rings is 1. The summed E-state index contributed by atoms with van der Waals surface area (Å²) < 4.78 is 25.4. The van der Waals surface area contributed by atoms with Gasteiger partial charge in [-0.1, -0.05) is 97.1 Å². The van der Waals surface area contributed by atoms with E-state index < -0.39 is 57.1 Å². The molecule has 2 aliphatic rings. The molecule has 230 valence electrons. The molecule has 2 amide bonds. The number of carbonyl (C=O) groups excluding carboxylic acids is 4. The monoisotopic (exact) mass is 624 g/mol. The number of para-hydroxylation sites is 1. The number of hydrogen-bond donors (Lipinski definition) is 1. The van der Waals surface area contributed by atoms with E-state index in [0.29, 0.717) is 16.9 Å². The van der Waals surface area contributed by atoms with Gasteiger partial charge >= 0.3 is 5.97 Å². The summed E-state index contributed by atoms with van der Waals surface area (Å²) in [7, 11) is -2.00. The maximum Gasteiger partial charge on any atom is 0.356 e. The van der Waals surface area contributed by atoms with E-state index >= 15 is 0 Å². The molecule has 1 saturated heterocycles. The average Bonchev–Trinajstić information content (AvgIpc) is 3.06. The lowest BCUT2D eigenvalue weighted by atomic mass is 9.98. The lowest BCUT2D eigenvalue weighted by molar-refractivity contribution is -0.155. The van der Waals surface area contributed by atoms with E-state index in [-0.39, 0.29) is 17.9 Å². The van der Waals surface area contributed by atoms with Crippen LogP contribution in [0.25, 0.3) is 0 Å². The van der Waals surface area contributed by atoms with Crippen molar-refractivity contribution in [3.63, 3.8) is 0 Å². The van der Waals surface area contributed by atoms with Crippen LogP contribution in [-0.4, -0.2) is 55.9 Å². The molecule has 0 aromatic heterocycles. The predicted octanol–water partition coefficient (Wildman–Crippen LogP) is 4.16. The molecule has 10 heteroatoms. The Morgan fingerprint density at radius 3 is 2.07 bits per heavy atom. The first-order valence-corrected chi connectivity index (χ1v) is 15.6. The Morgan fingerprint density at radius 2 is 1.49 bits per heavy atom. The highest BCUT2D eigenvalue weighted by Gasteiger charge is 2.60. The van der Waals surface area contributed by atoms with Gasteiger partial charge in [-0.15, -0.1) is 0 Å². The zero-order chi connectivity index (χ0) is 31.9. The second-order valence-electron chi connectivity index (χ2n) is 10.4. The molecule has 1 fully saturated rings. The van der Waals surface area contributed by atoms with E-state index in [0.717, 1.165) is 4.90 Å². The van der Waals surface area contributed by atoms with Crippen LogP contribution < -0.4 is 10.1 Å². The number of amides is 2. The van der Waals surface area contributed by atoms with Crippen molar-refractivity contribution in [3.05, 3.63) is 138 Å². The number of carbonyl (C=O) groups is 4. The molecule has 9 nitrogen and oxygen atoms in total. The SMILES string of the molecule is C/C=C/C=C/C(=O)C1C(C)=C(C(=O)OC(c2ccccc2)c2ccccc2)N2C(=O)[C@@H](NC(=O)COc3ccccc3)[C@H]2S1=O. The number of benzene rings is 3. The highest BCUT2D eigenvalue weighted by atomic mass is 32.2. The summed E-state index contributed by atoms with van der Waals surface area (Å²) in [6.45, 7) is 2.90. The zero-order valence-electron chi connectivity index (χ0n) is 24.7. The molecule has 5 rings (SSSR count). The number of nitrogens with zero attached hydrogens (tertiary/aromatic N) is 1. The lowest BCUT2D eigenvalue weighted by Crippen LogP contribution is -2.75. The van der Waals surface area contributed by atoms with E-state index in [1.165, 1.54) is 19.1 Å². The summed E-state index contributed by atoms with van der Waals surface area (Å²) >= 11 is 0. The van der Waals surface area contributed by atoms with E-state index in [2.05, 4.69) is 5.32 Å². The van der Waals surface area contributed by atoms with Gasteiger partial charge in [-0.25, -0.2) is 4.79 Å². The molecule has 0 bridgehead atoms. The van der Waals surface area contributed by atoms with Gasteiger partial charge in [0, 0.05) is 0 Å². The summed E-state index contributed by atoms with van der Waals surface area (Å²) in [6, 6.07) is 25.7. The van der Waals surface area contributed by atoms with Crippen molar-refractivity contribution in [2.24, 2.45) is 0 Å². The number of nitrogens with one attached hydrogen (secondary N) is 1. The molecule has 4 atom stereocenters. The van der Waals surface area contributed by atoms with Crippen LogP contribution in [-0.2, 0) is 34.7 Å². The third kappa shape index (κ3) is 6.71. The van der Waals surface area contributed by atoms with Crippen molar-refractivity contribution in [2.75, 3.05) is 6.61 Å². The Labute approximate surface area is 263 Å². The van der Waals surface area contributed by atoms with Gasteiger partial charge in [0.05, 0.1) is 10.8 Å². The van der Waals surface area contributed by atoms with Crippen molar-refractivity contribution in [1.82, 2.24) is 10.2 Å². The Hall–Kier alpha value is -5.09. The first kappa shape index (κ1) is 31.3. The molecule has 0 aliphatic carbocycles. The maximum absolute atomic E-state index is 14.0. The minimum Gasteiger partial charge on any atom is -0.484 e. The Kier molecular flexibility index (Phi) is 9.84. The molecule has 2 aliphatic heterocycles. The fourth-order valence-corrected chi connectivity index (χ4v) is 7.18. The maximum atomic E-state index is 14.0. The second kappa shape index (κ2) is 14.1. The molecular formula is C35H32N2O7S. The Bertz CT molecular complexity index is 1650. The fourth-order valence-electron chi connectivity index (χ4n) is 5.26. The van der Waals surface area contributed by atoms with Gasteiger partial charge in [-0.05, 0) is 48.8 Å². The summed E-state index contributed by atoms with van der Waals surface area (Å²) in [5, 5.41) is 0.174. The van der Waals surface area contributed by atoms with Gasteiger partial charge in [0.15, 0.2) is 18.5 Å². The fraction of sp³-hybridized carbons (Fsp3) is 0.200. The number of esters is 1. The van der Waals surface area contributed by atoms with Crippen molar-refractivity contribution < 1.29 is 32.9 Å². The number of ether oxygens (including phenoxy) is 2.